The Hall–Kier alpha value is -1.34. The van der Waals surface area contributed by atoms with Crippen molar-refractivity contribution in [3.8, 4) is 0 Å². The minimum atomic E-state index is -0.181. The van der Waals surface area contributed by atoms with Crippen molar-refractivity contribution in [3.63, 3.8) is 0 Å². The highest BCUT2D eigenvalue weighted by Gasteiger charge is 2.40. The van der Waals surface area contributed by atoms with E-state index in [-0.39, 0.29) is 28.8 Å². The van der Waals surface area contributed by atoms with Crippen molar-refractivity contribution < 1.29 is 14.4 Å². The fourth-order valence-corrected chi connectivity index (χ4v) is 3.83. The van der Waals surface area contributed by atoms with E-state index < -0.39 is 0 Å². The van der Waals surface area contributed by atoms with E-state index in [0.717, 1.165) is 11.8 Å². The number of hydrogen-bond acceptors (Lipinski definition) is 5. The molecule has 1 aromatic heterocycles. The minimum Gasteiger partial charge on any atom is -0.336 e. The minimum absolute atomic E-state index is 0.0181. The van der Waals surface area contributed by atoms with Crippen LogP contribution in [0.4, 0.5) is 4.79 Å². The highest BCUT2D eigenvalue weighted by atomic mass is 32.2. The van der Waals surface area contributed by atoms with Gasteiger partial charge in [0.1, 0.15) is 0 Å². The standard InChI is InChI=1S/C12H12N2O3S2/c15-10-7-19-12(17)14(10)9-1-3-13(5-9)11(16)8-2-4-18-6-8/h2,4,6,9H,1,3,5,7H2. The quantitative estimate of drug-likeness (QED) is 0.833. The maximum Gasteiger partial charge on any atom is 0.289 e. The Morgan fingerprint density at radius 2 is 2.21 bits per heavy atom. The fraction of sp³-hybridized carbons (Fsp3) is 0.417. The SMILES string of the molecule is O=C(c1ccsc1)N1CCC(N2C(=O)CSC2=O)C1. The van der Waals surface area contributed by atoms with Crippen LogP contribution in [0, 0.1) is 0 Å². The first-order chi connectivity index (χ1) is 9.16. The first-order valence-corrected chi connectivity index (χ1v) is 7.90. The van der Waals surface area contributed by atoms with Gasteiger partial charge in [-0.05, 0) is 17.9 Å². The van der Waals surface area contributed by atoms with E-state index in [2.05, 4.69) is 0 Å². The highest BCUT2D eigenvalue weighted by molar-refractivity contribution is 8.14. The summed E-state index contributed by atoms with van der Waals surface area (Å²) in [5, 5.41) is 3.50. The number of thioether (sulfide) groups is 1. The second-order valence-corrected chi connectivity index (χ2v) is 6.23. The molecule has 5 nitrogen and oxygen atoms in total. The number of amides is 3. The summed E-state index contributed by atoms with van der Waals surface area (Å²) in [7, 11) is 0. The molecule has 0 bridgehead atoms. The molecule has 3 rings (SSSR count). The molecule has 1 atom stereocenters. The molecule has 0 spiro atoms. The third kappa shape index (κ3) is 2.28. The van der Waals surface area contributed by atoms with Crippen LogP contribution in [0.3, 0.4) is 0 Å². The largest absolute Gasteiger partial charge is 0.336 e. The Morgan fingerprint density at radius 3 is 2.84 bits per heavy atom. The van der Waals surface area contributed by atoms with E-state index in [1.807, 2.05) is 10.8 Å². The topological polar surface area (TPSA) is 57.7 Å². The molecule has 19 heavy (non-hydrogen) atoms. The van der Waals surface area contributed by atoms with Crippen LogP contribution in [0.15, 0.2) is 16.8 Å². The van der Waals surface area contributed by atoms with Gasteiger partial charge in [0.25, 0.3) is 11.1 Å². The zero-order valence-corrected chi connectivity index (χ0v) is 11.7. The van der Waals surface area contributed by atoms with Gasteiger partial charge in [0.2, 0.25) is 5.91 Å². The van der Waals surface area contributed by atoms with Gasteiger partial charge in [-0.2, -0.15) is 11.3 Å². The lowest BCUT2D eigenvalue weighted by Gasteiger charge is -2.21. The number of imide groups is 1. The predicted octanol–water partition coefficient (Wildman–Crippen LogP) is 1.66. The lowest BCUT2D eigenvalue weighted by Crippen LogP contribution is -2.41. The molecule has 1 unspecified atom stereocenters. The number of thiophene rings is 1. The molecule has 0 N–H and O–H groups in total. The van der Waals surface area contributed by atoms with Gasteiger partial charge in [-0.15, -0.1) is 0 Å². The van der Waals surface area contributed by atoms with E-state index >= 15 is 0 Å². The second kappa shape index (κ2) is 4.97. The molecule has 0 radical (unpaired) electrons. The van der Waals surface area contributed by atoms with Gasteiger partial charge in [0.05, 0.1) is 17.4 Å². The van der Waals surface area contributed by atoms with Crippen molar-refractivity contribution in [3.05, 3.63) is 22.4 Å². The van der Waals surface area contributed by atoms with Crippen molar-refractivity contribution in [2.24, 2.45) is 0 Å². The molecule has 2 fully saturated rings. The molecule has 0 aliphatic carbocycles. The van der Waals surface area contributed by atoms with Crippen LogP contribution in [-0.4, -0.2) is 51.7 Å². The van der Waals surface area contributed by atoms with E-state index in [0.29, 0.717) is 25.1 Å². The van der Waals surface area contributed by atoms with E-state index in [1.54, 1.807) is 11.0 Å². The predicted molar refractivity (Wildman–Crippen MR) is 73.3 cm³/mol. The normalized spacial score (nSPS) is 23.5. The van der Waals surface area contributed by atoms with E-state index in [9.17, 15) is 14.4 Å². The van der Waals surface area contributed by atoms with Crippen molar-refractivity contribution >= 4 is 40.2 Å². The van der Waals surface area contributed by atoms with Crippen LogP contribution in [0.25, 0.3) is 0 Å². The number of likely N-dealkylation sites (tertiary alicyclic amines) is 1. The first kappa shape index (κ1) is 12.7. The molecule has 0 saturated carbocycles. The Labute approximate surface area is 118 Å². The lowest BCUT2D eigenvalue weighted by molar-refractivity contribution is -0.126. The van der Waals surface area contributed by atoms with Gasteiger partial charge >= 0.3 is 0 Å². The molecule has 7 heteroatoms. The van der Waals surface area contributed by atoms with Gasteiger partial charge in [-0.3, -0.25) is 19.3 Å². The van der Waals surface area contributed by atoms with Crippen LogP contribution < -0.4 is 0 Å². The summed E-state index contributed by atoms with van der Waals surface area (Å²) in [4.78, 5) is 38.5. The van der Waals surface area contributed by atoms with Crippen LogP contribution in [0.5, 0.6) is 0 Å². The van der Waals surface area contributed by atoms with Crippen molar-refractivity contribution in [1.82, 2.24) is 9.80 Å². The fourth-order valence-electron chi connectivity index (χ4n) is 2.42. The summed E-state index contributed by atoms with van der Waals surface area (Å²) < 4.78 is 0. The zero-order valence-electron chi connectivity index (χ0n) is 10.1. The van der Waals surface area contributed by atoms with E-state index in [4.69, 9.17) is 0 Å². The Morgan fingerprint density at radius 1 is 1.37 bits per heavy atom. The zero-order chi connectivity index (χ0) is 13.4. The monoisotopic (exact) mass is 296 g/mol. The molecule has 2 aliphatic rings. The highest BCUT2D eigenvalue weighted by Crippen LogP contribution is 2.27. The smallest absolute Gasteiger partial charge is 0.289 e. The molecule has 2 saturated heterocycles. The number of carbonyl (C=O) groups excluding carboxylic acids is 3. The number of hydrogen-bond donors (Lipinski definition) is 0. The Bertz CT molecular complexity index is 513. The lowest BCUT2D eigenvalue weighted by atomic mass is 10.2. The second-order valence-electron chi connectivity index (χ2n) is 4.52. The van der Waals surface area contributed by atoms with Gasteiger partial charge in [0, 0.05) is 18.5 Å². The number of nitrogens with zero attached hydrogens (tertiary/aromatic N) is 2. The summed E-state index contributed by atoms with van der Waals surface area (Å²) in [6.45, 7) is 1.05. The average molecular weight is 296 g/mol. The average Bonchev–Trinajstić information content (AvgIpc) is 3.10. The summed E-state index contributed by atoms with van der Waals surface area (Å²) in [5.41, 5.74) is 0.680. The molecule has 3 heterocycles. The Kier molecular flexibility index (Phi) is 3.32. The molecule has 100 valence electrons. The molecule has 0 aromatic carbocycles. The van der Waals surface area contributed by atoms with Crippen LogP contribution in [0.1, 0.15) is 16.8 Å². The summed E-state index contributed by atoms with van der Waals surface area (Å²) in [5.74, 6) is 0.0775. The molecule has 1 aromatic rings. The summed E-state index contributed by atoms with van der Waals surface area (Å²) in [6.07, 6.45) is 0.675. The van der Waals surface area contributed by atoms with Crippen LogP contribution in [-0.2, 0) is 4.79 Å². The number of rotatable bonds is 2. The van der Waals surface area contributed by atoms with Gasteiger partial charge in [0.15, 0.2) is 0 Å². The van der Waals surface area contributed by atoms with E-state index in [1.165, 1.54) is 16.2 Å². The van der Waals surface area contributed by atoms with Crippen molar-refractivity contribution in [2.75, 3.05) is 18.8 Å². The molecular weight excluding hydrogens is 284 g/mol. The third-order valence-electron chi connectivity index (χ3n) is 3.37. The van der Waals surface area contributed by atoms with Crippen LogP contribution in [0.2, 0.25) is 0 Å². The Balaban J connectivity index is 1.69. The van der Waals surface area contributed by atoms with Crippen LogP contribution >= 0.6 is 23.1 Å². The maximum atomic E-state index is 12.2. The van der Waals surface area contributed by atoms with Gasteiger partial charge in [-0.1, -0.05) is 11.8 Å². The molecular formula is C12H12N2O3S2. The van der Waals surface area contributed by atoms with Crippen molar-refractivity contribution in [2.45, 2.75) is 12.5 Å². The number of carbonyl (C=O) groups is 3. The van der Waals surface area contributed by atoms with Gasteiger partial charge in [-0.25, -0.2) is 0 Å². The van der Waals surface area contributed by atoms with Gasteiger partial charge < -0.3 is 4.90 Å². The van der Waals surface area contributed by atoms with Crippen molar-refractivity contribution in [1.29, 1.82) is 0 Å². The molecule has 3 amide bonds. The first-order valence-electron chi connectivity index (χ1n) is 5.97. The molecule has 2 aliphatic heterocycles. The third-order valence-corrected chi connectivity index (χ3v) is 4.89. The maximum absolute atomic E-state index is 12.2. The summed E-state index contributed by atoms with van der Waals surface area (Å²) >= 11 is 2.53. The summed E-state index contributed by atoms with van der Waals surface area (Å²) in [6, 6.07) is 1.64.